The Morgan fingerprint density at radius 2 is 1.75 bits per heavy atom. The molecule has 1 saturated heterocycles. The van der Waals surface area contributed by atoms with Gasteiger partial charge in [0, 0.05) is 18.9 Å². The number of benzene rings is 2. The quantitative estimate of drug-likeness (QED) is 0.920. The molecule has 0 aliphatic carbocycles. The predicted molar refractivity (Wildman–Crippen MR) is 92.7 cm³/mol. The zero-order valence-electron chi connectivity index (χ0n) is 14.1. The van der Waals surface area contributed by atoms with Gasteiger partial charge in [0.05, 0.1) is 5.41 Å². The van der Waals surface area contributed by atoms with Gasteiger partial charge >= 0.3 is 0 Å². The van der Waals surface area contributed by atoms with E-state index in [1.807, 2.05) is 31.2 Å². The molecule has 1 aliphatic rings. The van der Waals surface area contributed by atoms with Crippen LogP contribution >= 0.6 is 0 Å². The van der Waals surface area contributed by atoms with E-state index in [1.54, 1.807) is 19.1 Å². The summed E-state index contributed by atoms with van der Waals surface area (Å²) >= 11 is 0. The lowest BCUT2D eigenvalue weighted by Gasteiger charge is -2.36. The molecule has 0 bridgehead atoms. The van der Waals surface area contributed by atoms with Crippen LogP contribution < -0.4 is 5.32 Å². The summed E-state index contributed by atoms with van der Waals surface area (Å²) in [5, 5.41) is 2.90. The number of rotatable bonds is 3. The van der Waals surface area contributed by atoms with Crippen LogP contribution in [0.25, 0.3) is 0 Å². The van der Waals surface area contributed by atoms with Gasteiger partial charge in [-0.15, -0.1) is 0 Å². The minimum absolute atomic E-state index is 0.0992. The molecule has 0 atom stereocenters. The van der Waals surface area contributed by atoms with E-state index in [1.165, 1.54) is 6.07 Å². The number of anilines is 1. The lowest BCUT2D eigenvalue weighted by Crippen LogP contribution is -2.44. The molecule has 0 spiro atoms. The SMILES string of the molecule is Cc1ccc(C2(C(=O)Nc3ccc(C)c(F)c3)CCOCC2)cc1. The molecular weight excluding hydrogens is 305 g/mol. The van der Waals surface area contributed by atoms with Crippen LogP contribution in [0.15, 0.2) is 42.5 Å². The molecule has 1 fully saturated rings. The van der Waals surface area contributed by atoms with Crippen molar-refractivity contribution in [1.29, 1.82) is 0 Å². The average molecular weight is 327 g/mol. The number of aryl methyl sites for hydroxylation is 2. The third-order valence-electron chi connectivity index (χ3n) is 4.81. The number of carbonyl (C=O) groups is 1. The third-order valence-corrected chi connectivity index (χ3v) is 4.81. The average Bonchev–Trinajstić information content (AvgIpc) is 2.59. The first kappa shape index (κ1) is 16.7. The molecule has 1 aliphatic heterocycles. The van der Waals surface area contributed by atoms with E-state index in [-0.39, 0.29) is 11.7 Å². The first-order valence-corrected chi connectivity index (χ1v) is 8.24. The zero-order chi connectivity index (χ0) is 17.2. The van der Waals surface area contributed by atoms with Crippen LogP contribution in [0.5, 0.6) is 0 Å². The van der Waals surface area contributed by atoms with Crippen molar-refractivity contribution in [3.63, 3.8) is 0 Å². The molecule has 1 N–H and O–H groups in total. The van der Waals surface area contributed by atoms with Gasteiger partial charge in [-0.05, 0) is 49.9 Å². The highest BCUT2D eigenvalue weighted by atomic mass is 19.1. The fraction of sp³-hybridized carbons (Fsp3) is 0.350. The number of amides is 1. The van der Waals surface area contributed by atoms with E-state index >= 15 is 0 Å². The van der Waals surface area contributed by atoms with Crippen LogP contribution in [-0.2, 0) is 14.9 Å². The lowest BCUT2D eigenvalue weighted by atomic mass is 9.73. The highest BCUT2D eigenvalue weighted by Gasteiger charge is 2.41. The Labute approximate surface area is 141 Å². The summed E-state index contributed by atoms with van der Waals surface area (Å²) < 4.78 is 19.2. The standard InChI is InChI=1S/C20H22FNO2/c1-14-3-6-16(7-4-14)20(9-11-24-12-10-20)19(23)22-17-8-5-15(2)18(21)13-17/h3-8,13H,9-12H2,1-2H3,(H,22,23). The number of nitrogens with one attached hydrogen (secondary N) is 1. The number of hydrogen-bond donors (Lipinski definition) is 1. The van der Waals surface area contributed by atoms with E-state index < -0.39 is 5.41 Å². The molecule has 3 rings (SSSR count). The maximum absolute atomic E-state index is 13.8. The van der Waals surface area contributed by atoms with Crippen LogP contribution in [0.3, 0.4) is 0 Å². The van der Waals surface area contributed by atoms with Crippen LogP contribution in [0.4, 0.5) is 10.1 Å². The largest absolute Gasteiger partial charge is 0.381 e. The van der Waals surface area contributed by atoms with E-state index in [9.17, 15) is 9.18 Å². The van der Waals surface area contributed by atoms with Crippen molar-refractivity contribution in [3.8, 4) is 0 Å². The van der Waals surface area contributed by atoms with Gasteiger partial charge in [0.15, 0.2) is 0 Å². The van der Waals surface area contributed by atoms with Gasteiger partial charge in [-0.2, -0.15) is 0 Å². The van der Waals surface area contributed by atoms with E-state index in [2.05, 4.69) is 5.32 Å². The number of ether oxygens (including phenoxy) is 1. The molecule has 126 valence electrons. The van der Waals surface area contributed by atoms with E-state index in [0.29, 0.717) is 37.3 Å². The second-order valence-electron chi connectivity index (χ2n) is 6.48. The summed E-state index contributed by atoms with van der Waals surface area (Å²) in [6.07, 6.45) is 1.24. The Morgan fingerprint density at radius 1 is 1.08 bits per heavy atom. The van der Waals surface area contributed by atoms with Gasteiger partial charge in [-0.25, -0.2) is 4.39 Å². The topological polar surface area (TPSA) is 38.3 Å². The molecule has 3 nitrogen and oxygen atoms in total. The van der Waals surface area contributed by atoms with Gasteiger partial charge in [0.25, 0.3) is 0 Å². The molecule has 1 amide bonds. The number of halogens is 1. The molecule has 2 aromatic rings. The van der Waals surface area contributed by atoms with Crippen molar-refractivity contribution in [3.05, 3.63) is 65.0 Å². The minimum Gasteiger partial charge on any atom is -0.381 e. The summed E-state index contributed by atoms with van der Waals surface area (Å²) in [5.74, 6) is -0.415. The second-order valence-corrected chi connectivity index (χ2v) is 6.48. The monoisotopic (exact) mass is 327 g/mol. The van der Waals surface area contributed by atoms with E-state index in [0.717, 1.165) is 11.1 Å². The minimum atomic E-state index is -0.632. The molecule has 4 heteroatoms. The van der Waals surface area contributed by atoms with Crippen LogP contribution in [-0.4, -0.2) is 19.1 Å². The molecular formula is C20H22FNO2. The summed E-state index contributed by atoms with van der Waals surface area (Å²) in [6, 6.07) is 12.8. The maximum atomic E-state index is 13.8. The van der Waals surface area contributed by atoms with E-state index in [4.69, 9.17) is 4.74 Å². The van der Waals surface area contributed by atoms with Crippen molar-refractivity contribution >= 4 is 11.6 Å². The molecule has 0 radical (unpaired) electrons. The molecule has 24 heavy (non-hydrogen) atoms. The third kappa shape index (κ3) is 3.20. The summed E-state index contributed by atoms with van der Waals surface area (Å²) in [5.41, 5.74) is 2.56. The lowest BCUT2D eigenvalue weighted by molar-refractivity contribution is -0.125. The van der Waals surface area contributed by atoms with Gasteiger partial charge in [-0.3, -0.25) is 4.79 Å². The molecule has 1 heterocycles. The Kier molecular flexibility index (Phi) is 4.67. The Morgan fingerprint density at radius 3 is 2.38 bits per heavy atom. The Balaban J connectivity index is 1.91. The Hall–Kier alpha value is -2.20. The number of hydrogen-bond acceptors (Lipinski definition) is 2. The smallest absolute Gasteiger partial charge is 0.235 e. The fourth-order valence-electron chi connectivity index (χ4n) is 3.16. The van der Waals surface area contributed by atoms with Crippen molar-refractivity contribution < 1.29 is 13.9 Å². The van der Waals surface area contributed by atoms with Crippen molar-refractivity contribution in [2.45, 2.75) is 32.1 Å². The highest BCUT2D eigenvalue weighted by molar-refractivity contribution is 5.99. The van der Waals surface area contributed by atoms with Crippen LogP contribution in [0.1, 0.15) is 29.5 Å². The highest BCUT2D eigenvalue weighted by Crippen LogP contribution is 2.36. The maximum Gasteiger partial charge on any atom is 0.235 e. The van der Waals surface area contributed by atoms with Gasteiger partial charge in [0.1, 0.15) is 5.82 Å². The predicted octanol–water partition coefficient (Wildman–Crippen LogP) is 4.13. The summed E-state index contributed by atoms with van der Waals surface area (Å²) in [6.45, 7) is 4.82. The summed E-state index contributed by atoms with van der Waals surface area (Å²) in [4.78, 5) is 13.1. The number of carbonyl (C=O) groups excluding carboxylic acids is 1. The van der Waals surface area contributed by atoms with Crippen LogP contribution in [0.2, 0.25) is 0 Å². The molecule has 0 saturated carbocycles. The van der Waals surface area contributed by atoms with Crippen molar-refractivity contribution in [2.75, 3.05) is 18.5 Å². The first-order chi connectivity index (χ1) is 11.5. The zero-order valence-corrected chi connectivity index (χ0v) is 14.1. The normalized spacial score (nSPS) is 16.6. The van der Waals surface area contributed by atoms with Crippen molar-refractivity contribution in [2.24, 2.45) is 0 Å². The molecule has 2 aromatic carbocycles. The van der Waals surface area contributed by atoms with Crippen molar-refractivity contribution in [1.82, 2.24) is 0 Å². The fourth-order valence-corrected chi connectivity index (χ4v) is 3.16. The second kappa shape index (κ2) is 6.73. The first-order valence-electron chi connectivity index (χ1n) is 8.24. The van der Waals surface area contributed by atoms with Gasteiger partial charge in [0.2, 0.25) is 5.91 Å². The summed E-state index contributed by atoms with van der Waals surface area (Å²) in [7, 11) is 0. The Bertz CT molecular complexity index is 734. The molecule has 0 aromatic heterocycles. The van der Waals surface area contributed by atoms with Gasteiger partial charge < -0.3 is 10.1 Å². The van der Waals surface area contributed by atoms with Gasteiger partial charge in [-0.1, -0.05) is 35.9 Å². The van der Waals surface area contributed by atoms with Crippen LogP contribution in [0, 0.1) is 19.7 Å². The molecule has 0 unspecified atom stereocenters.